The fraction of sp³-hybridized carbons (Fsp3) is 0.368. The van der Waals surface area contributed by atoms with E-state index in [1.807, 2.05) is 6.07 Å². The fourth-order valence-corrected chi connectivity index (χ4v) is 4.39. The molecule has 2 atom stereocenters. The smallest absolute Gasteiger partial charge is 0.123 e. The zero-order chi connectivity index (χ0) is 14.4. The molecule has 2 heteroatoms. The van der Waals surface area contributed by atoms with Crippen LogP contribution in [0, 0.1) is 17.7 Å². The van der Waals surface area contributed by atoms with E-state index in [-0.39, 0.29) is 17.7 Å². The lowest BCUT2D eigenvalue weighted by Crippen LogP contribution is -2.37. The number of halogens is 1. The zero-order valence-corrected chi connectivity index (χ0v) is 11.9. The molecule has 21 heavy (non-hydrogen) atoms. The predicted molar refractivity (Wildman–Crippen MR) is 80.4 cm³/mol. The van der Waals surface area contributed by atoms with Gasteiger partial charge in [-0.1, -0.05) is 36.4 Å². The van der Waals surface area contributed by atoms with Gasteiger partial charge in [0.1, 0.15) is 5.82 Å². The maximum absolute atomic E-state index is 13.6. The Morgan fingerprint density at radius 3 is 2.10 bits per heavy atom. The Bertz CT molecular complexity index is 646. The monoisotopic (exact) mass is 282 g/mol. The Morgan fingerprint density at radius 2 is 1.52 bits per heavy atom. The van der Waals surface area contributed by atoms with E-state index < -0.39 is 5.60 Å². The van der Waals surface area contributed by atoms with Gasteiger partial charge in [0.25, 0.3) is 0 Å². The van der Waals surface area contributed by atoms with Gasteiger partial charge in [0, 0.05) is 0 Å². The van der Waals surface area contributed by atoms with Crippen molar-refractivity contribution < 1.29 is 9.50 Å². The molecule has 0 amide bonds. The Hall–Kier alpha value is -1.67. The van der Waals surface area contributed by atoms with Crippen molar-refractivity contribution in [1.29, 1.82) is 0 Å². The molecule has 1 nitrogen and oxygen atoms in total. The molecule has 0 spiro atoms. The summed E-state index contributed by atoms with van der Waals surface area (Å²) in [4.78, 5) is 0. The highest BCUT2D eigenvalue weighted by molar-refractivity contribution is 5.35. The standard InChI is InChI=1S/C19H19FO/c20-18-7-3-6-15(12-18)19(21)16-8-9-17(19)11-14-5-2-1-4-13(14)10-16/h1-7,12,16-17,21H,8-11H2. The van der Waals surface area contributed by atoms with Crippen LogP contribution >= 0.6 is 0 Å². The van der Waals surface area contributed by atoms with Crippen molar-refractivity contribution in [3.63, 3.8) is 0 Å². The number of aliphatic hydroxyl groups is 1. The van der Waals surface area contributed by atoms with Crippen LogP contribution in [0.15, 0.2) is 48.5 Å². The first-order valence-electron chi connectivity index (χ1n) is 7.73. The minimum atomic E-state index is -0.888. The number of rotatable bonds is 1. The van der Waals surface area contributed by atoms with Crippen LogP contribution < -0.4 is 0 Å². The highest BCUT2D eigenvalue weighted by atomic mass is 19.1. The molecule has 0 saturated heterocycles. The molecule has 0 radical (unpaired) electrons. The Labute approximate surface area is 124 Å². The highest BCUT2D eigenvalue weighted by Crippen LogP contribution is 2.52. The van der Waals surface area contributed by atoms with Gasteiger partial charge < -0.3 is 5.11 Å². The van der Waals surface area contributed by atoms with Crippen molar-refractivity contribution in [1.82, 2.24) is 0 Å². The van der Waals surface area contributed by atoms with Crippen LogP contribution in [0.5, 0.6) is 0 Å². The van der Waals surface area contributed by atoms with E-state index in [0.29, 0.717) is 0 Å². The van der Waals surface area contributed by atoms with Crippen LogP contribution in [0.1, 0.15) is 29.5 Å². The predicted octanol–water partition coefficient (Wildman–Crippen LogP) is 3.84. The maximum atomic E-state index is 13.6. The van der Waals surface area contributed by atoms with Gasteiger partial charge in [-0.2, -0.15) is 0 Å². The second kappa shape index (κ2) is 4.67. The topological polar surface area (TPSA) is 20.2 Å². The summed E-state index contributed by atoms with van der Waals surface area (Å²) in [6.45, 7) is 0. The second-order valence-electron chi connectivity index (χ2n) is 6.48. The molecule has 0 aromatic heterocycles. The van der Waals surface area contributed by atoms with Gasteiger partial charge in [-0.3, -0.25) is 0 Å². The first-order chi connectivity index (χ1) is 10.2. The molecule has 108 valence electrons. The maximum Gasteiger partial charge on any atom is 0.123 e. The molecular weight excluding hydrogens is 263 g/mol. The van der Waals surface area contributed by atoms with Crippen molar-refractivity contribution in [3.8, 4) is 0 Å². The quantitative estimate of drug-likeness (QED) is 0.842. The van der Waals surface area contributed by atoms with Crippen LogP contribution in [0.2, 0.25) is 0 Å². The van der Waals surface area contributed by atoms with E-state index in [1.54, 1.807) is 6.07 Å². The summed E-state index contributed by atoms with van der Waals surface area (Å²) in [6.07, 6.45) is 3.82. The molecule has 4 rings (SSSR count). The lowest BCUT2D eigenvalue weighted by atomic mass is 9.77. The summed E-state index contributed by atoms with van der Waals surface area (Å²) in [5, 5.41) is 11.5. The van der Waals surface area contributed by atoms with Crippen LogP contribution in [0.4, 0.5) is 4.39 Å². The molecule has 1 fully saturated rings. The third-order valence-electron chi connectivity index (χ3n) is 5.45. The zero-order valence-electron chi connectivity index (χ0n) is 11.9. The lowest BCUT2D eigenvalue weighted by molar-refractivity contribution is -0.0397. The van der Waals surface area contributed by atoms with Gasteiger partial charge in [0.05, 0.1) is 5.60 Å². The fourth-order valence-electron chi connectivity index (χ4n) is 4.39. The normalized spacial score (nSPS) is 30.8. The van der Waals surface area contributed by atoms with E-state index in [1.165, 1.54) is 23.3 Å². The Kier molecular flexibility index (Phi) is 2.90. The first-order valence-corrected chi connectivity index (χ1v) is 7.73. The van der Waals surface area contributed by atoms with E-state index in [9.17, 15) is 9.50 Å². The van der Waals surface area contributed by atoms with Gasteiger partial charge in [-0.05, 0) is 66.3 Å². The van der Waals surface area contributed by atoms with Crippen LogP contribution in [0.25, 0.3) is 0 Å². The molecule has 2 unspecified atom stereocenters. The third-order valence-corrected chi connectivity index (χ3v) is 5.45. The largest absolute Gasteiger partial charge is 0.385 e. The summed E-state index contributed by atoms with van der Waals surface area (Å²) >= 11 is 0. The molecule has 2 aromatic carbocycles. The van der Waals surface area contributed by atoms with Crippen molar-refractivity contribution in [3.05, 3.63) is 71.0 Å². The van der Waals surface area contributed by atoms with Crippen molar-refractivity contribution in [2.45, 2.75) is 31.3 Å². The van der Waals surface area contributed by atoms with Gasteiger partial charge in [0.2, 0.25) is 0 Å². The number of hydrogen-bond acceptors (Lipinski definition) is 1. The Morgan fingerprint density at radius 1 is 0.905 bits per heavy atom. The van der Waals surface area contributed by atoms with Gasteiger partial charge in [-0.15, -0.1) is 0 Å². The molecule has 2 aliphatic rings. The summed E-state index contributed by atoms with van der Waals surface area (Å²) < 4.78 is 13.6. The molecule has 2 aromatic rings. The molecule has 2 aliphatic carbocycles. The van der Waals surface area contributed by atoms with Crippen molar-refractivity contribution in [2.24, 2.45) is 11.8 Å². The van der Waals surface area contributed by atoms with Crippen molar-refractivity contribution in [2.75, 3.05) is 0 Å². The van der Waals surface area contributed by atoms with Crippen LogP contribution in [-0.4, -0.2) is 5.11 Å². The molecule has 0 heterocycles. The van der Waals surface area contributed by atoms with Crippen molar-refractivity contribution >= 4 is 0 Å². The summed E-state index contributed by atoms with van der Waals surface area (Å²) in [6, 6.07) is 15.0. The van der Waals surface area contributed by atoms with E-state index in [2.05, 4.69) is 24.3 Å². The van der Waals surface area contributed by atoms with Crippen LogP contribution in [-0.2, 0) is 18.4 Å². The number of hydrogen-bond donors (Lipinski definition) is 1. The molecular formula is C19H19FO. The highest BCUT2D eigenvalue weighted by Gasteiger charge is 2.51. The van der Waals surface area contributed by atoms with Crippen LogP contribution in [0.3, 0.4) is 0 Å². The Balaban J connectivity index is 1.81. The third kappa shape index (κ3) is 1.93. The SMILES string of the molecule is OC1(c2cccc(F)c2)C2CCC1Cc1ccccc1C2. The molecule has 1 saturated carbocycles. The minimum absolute atomic E-state index is 0.188. The molecule has 2 bridgehead atoms. The minimum Gasteiger partial charge on any atom is -0.385 e. The van der Waals surface area contributed by atoms with Gasteiger partial charge in [0.15, 0.2) is 0 Å². The van der Waals surface area contributed by atoms with Gasteiger partial charge >= 0.3 is 0 Å². The lowest BCUT2D eigenvalue weighted by Gasteiger charge is -2.34. The van der Waals surface area contributed by atoms with E-state index in [4.69, 9.17) is 0 Å². The summed E-state index contributed by atoms with van der Waals surface area (Å²) in [5.74, 6) is 0.114. The summed E-state index contributed by atoms with van der Waals surface area (Å²) in [5.41, 5.74) is 2.56. The number of benzene rings is 2. The second-order valence-corrected chi connectivity index (χ2v) is 6.48. The summed E-state index contributed by atoms with van der Waals surface area (Å²) in [7, 11) is 0. The average molecular weight is 282 g/mol. The number of fused-ring (bicyclic) bond motifs is 3. The van der Waals surface area contributed by atoms with E-state index >= 15 is 0 Å². The van der Waals surface area contributed by atoms with E-state index in [0.717, 1.165) is 31.2 Å². The first kappa shape index (κ1) is 13.0. The molecule has 0 aliphatic heterocycles. The molecule has 1 N–H and O–H groups in total. The average Bonchev–Trinajstić information content (AvgIpc) is 2.71. The van der Waals surface area contributed by atoms with Gasteiger partial charge in [-0.25, -0.2) is 4.39 Å².